The molecule has 2 amide bonds. The number of carbonyl (C=O) groups excluding carboxylic acids is 2. The van der Waals surface area contributed by atoms with Gasteiger partial charge in [-0.3, -0.25) is 9.59 Å². The lowest BCUT2D eigenvalue weighted by Crippen LogP contribution is -2.43. The number of amides is 2. The van der Waals surface area contributed by atoms with E-state index in [1.807, 2.05) is 35.8 Å². The molecule has 2 aromatic heterocycles. The Hall–Kier alpha value is -2.67. The summed E-state index contributed by atoms with van der Waals surface area (Å²) >= 11 is 1.37. The van der Waals surface area contributed by atoms with Crippen LogP contribution in [0.3, 0.4) is 0 Å². The Balaban J connectivity index is 1.48. The predicted molar refractivity (Wildman–Crippen MR) is 97.5 cm³/mol. The van der Waals surface area contributed by atoms with Crippen molar-refractivity contribution >= 4 is 39.2 Å². The number of para-hydroxylation sites is 1. The van der Waals surface area contributed by atoms with Gasteiger partial charge >= 0.3 is 0 Å². The Morgan fingerprint density at radius 1 is 1.36 bits per heavy atom. The van der Waals surface area contributed by atoms with Gasteiger partial charge in [0.05, 0.1) is 6.42 Å². The number of hydrogen-bond acceptors (Lipinski definition) is 4. The Kier molecular flexibility index (Phi) is 4.23. The van der Waals surface area contributed by atoms with Gasteiger partial charge in [-0.05, 0) is 24.5 Å². The highest BCUT2D eigenvalue weighted by Gasteiger charge is 2.34. The molecule has 6 nitrogen and oxygen atoms in total. The maximum Gasteiger partial charge on any atom is 0.248 e. The van der Waals surface area contributed by atoms with Gasteiger partial charge in [-0.2, -0.15) is 0 Å². The van der Waals surface area contributed by atoms with Crippen molar-refractivity contribution in [3.8, 4) is 0 Å². The van der Waals surface area contributed by atoms with E-state index in [9.17, 15) is 9.59 Å². The summed E-state index contributed by atoms with van der Waals surface area (Å²) in [5.74, 6) is -0.165. The molecule has 1 aliphatic rings. The molecule has 2 N–H and O–H groups in total. The number of thiazole rings is 1. The number of H-pyrrole nitrogens is 1. The van der Waals surface area contributed by atoms with Crippen molar-refractivity contribution in [2.75, 3.05) is 11.9 Å². The first-order chi connectivity index (χ1) is 12.2. The zero-order chi connectivity index (χ0) is 17.2. The van der Waals surface area contributed by atoms with Crippen molar-refractivity contribution < 1.29 is 9.59 Å². The van der Waals surface area contributed by atoms with Gasteiger partial charge in [0.1, 0.15) is 6.04 Å². The fraction of sp³-hybridized carbons (Fsp3) is 0.278. The van der Waals surface area contributed by atoms with E-state index in [0.29, 0.717) is 24.5 Å². The molecule has 0 saturated carbocycles. The van der Waals surface area contributed by atoms with Gasteiger partial charge < -0.3 is 15.2 Å². The molecule has 7 heteroatoms. The second-order valence-corrected chi connectivity index (χ2v) is 7.00. The molecule has 4 rings (SSSR count). The van der Waals surface area contributed by atoms with Gasteiger partial charge in [0.15, 0.2) is 5.13 Å². The number of benzene rings is 1. The van der Waals surface area contributed by atoms with Gasteiger partial charge in [0, 0.05) is 35.2 Å². The molecule has 0 spiro atoms. The summed E-state index contributed by atoms with van der Waals surface area (Å²) in [6, 6.07) is 7.50. The third-order valence-corrected chi connectivity index (χ3v) is 5.24. The minimum atomic E-state index is -0.415. The number of aromatic amines is 1. The summed E-state index contributed by atoms with van der Waals surface area (Å²) < 4.78 is 0. The van der Waals surface area contributed by atoms with Gasteiger partial charge in [-0.1, -0.05) is 18.2 Å². The first kappa shape index (κ1) is 15.8. The molecule has 128 valence electrons. The van der Waals surface area contributed by atoms with E-state index in [1.54, 1.807) is 11.1 Å². The molecule has 0 radical (unpaired) electrons. The average Bonchev–Trinajstić information content (AvgIpc) is 3.35. The summed E-state index contributed by atoms with van der Waals surface area (Å²) in [6.07, 6.45) is 5.36. The lowest BCUT2D eigenvalue weighted by atomic mass is 10.1. The monoisotopic (exact) mass is 354 g/mol. The molecule has 1 fully saturated rings. The van der Waals surface area contributed by atoms with E-state index in [2.05, 4.69) is 15.3 Å². The molecule has 0 bridgehead atoms. The quantitative estimate of drug-likeness (QED) is 0.756. The van der Waals surface area contributed by atoms with Crippen LogP contribution in [-0.4, -0.2) is 39.3 Å². The molecular weight excluding hydrogens is 336 g/mol. The number of aromatic nitrogens is 2. The van der Waals surface area contributed by atoms with Crippen LogP contribution in [0.25, 0.3) is 10.9 Å². The molecule has 25 heavy (non-hydrogen) atoms. The topological polar surface area (TPSA) is 78.1 Å². The average molecular weight is 354 g/mol. The number of carbonyl (C=O) groups is 2. The van der Waals surface area contributed by atoms with Crippen molar-refractivity contribution in [3.05, 3.63) is 47.6 Å². The van der Waals surface area contributed by atoms with E-state index in [1.165, 1.54) is 11.3 Å². The molecule has 0 aliphatic carbocycles. The van der Waals surface area contributed by atoms with Crippen LogP contribution in [0, 0.1) is 0 Å². The molecule has 1 unspecified atom stereocenters. The fourth-order valence-corrected chi connectivity index (χ4v) is 3.89. The number of hydrogen-bond donors (Lipinski definition) is 2. The number of likely N-dealkylation sites (tertiary alicyclic amines) is 1. The van der Waals surface area contributed by atoms with Crippen LogP contribution < -0.4 is 5.32 Å². The van der Waals surface area contributed by atoms with Crippen molar-refractivity contribution in [1.82, 2.24) is 14.9 Å². The van der Waals surface area contributed by atoms with Gasteiger partial charge in [0.2, 0.25) is 11.8 Å². The zero-order valence-electron chi connectivity index (χ0n) is 13.6. The summed E-state index contributed by atoms with van der Waals surface area (Å²) in [7, 11) is 0. The van der Waals surface area contributed by atoms with E-state index in [0.717, 1.165) is 22.9 Å². The summed E-state index contributed by atoms with van der Waals surface area (Å²) in [5.41, 5.74) is 1.98. The second kappa shape index (κ2) is 6.68. The third-order valence-electron chi connectivity index (χ3n) is 4.55. The Labute approximate surface area is 148 Å². The maximum atomic E-state index is 12.8. The lowest BCUT2D eigenvalue weighted by Gasteiger charge is -2.23. The van der Waals surface area contributed by atoms with E-state index < -0.39 is 6.04 Å². The highest BCUT2D eigenvalue weighted by Crippen LogP contribution is 2.23. The summed E-state index contributed by atoms with van der Waals surface area (Å²) in [6.45, 7) is 0.622. The van der Waals surface area contributed by atoms with Crippen molar-refractivity contribution in [2.24, 2.45) is 0 Å². The smallest absolute Gasteiger partial charge is 0.248 e. The first-order valence-electron chi connectivity index (χ1n) is 8.27. The number of fused-ring (bicyclic) bond motifs is 1. The Morgan fingerprint density at radius 2 is 2.24 bits per heavy atom. The summed E-state index contributed by atoms with van der Waals surface area (Å²) in [5, 5.41) is 6.24. The van der Waals surface area contributed by atoms with Crippen LogP contribution in [0.5, 0.6) is 0 Å². The maximum absolute atomic E-state index is 12.8. The second-order valence-electron chi connectivity index (χ2n) is 6.11. The lowest BCUT2D eigenvalue weighted by molar-refractivity contribution is -0.136. The highest BCUT2D eigenvalue weighted by atomic mass is 32.1. The zero-order valence-corrected chi connectivity index (χ0v) is 14.4. The SMILES string of the molecule is O=C(Nc1nccs1)C1CCCN1C(=O)Cc1c[nH]c2ccccc12. The number of anilines is 1. The van der Waals surface area contributed by atoms with Crippen LogP contribution >= 0.6 is 11.3 Å². The van der Waals surface area contributed by atoms with E-state index in [-0.39, 0.29) is 11.8 Å². The summed E-state index contributed by atoms with van der Waals surface area (Å²) in [4.78, 5) is 34.3. The first-order valence-corrected chi connectivity index (χ1v) is 9.15. The predicted octanol–water partition coefficient (Wildman–Crippen LogP) is 2.80. The standard InChI is InChI=1S/C18H18N4O2S/c23-16(10-12-11-20-14-5-2-1-4-13(12)14)22-8-3-6-15(22)17(24)21-18-19-7-9-25-18/h1-2,4-5,7,9,11,15,20H,3,6,8,10H2,(H,19,21,24). The fourth-order valence-electron chi connectivity index (χ4n) is 3.35. The number of nitrogens with zero attached hydrogens (tertiary/aromatic N) is 2. The molecule has 1 saturated heterocycles. The van der Waals surface area contributed by atoms with Crippen LogP contribution in [-0.2, 0) is 16.0 Å². The largest absolute Gasteiger partial charge is 0.361 e. The van der Waals surface area contributed by atoms with Crippen molar-refractivity contribution in [2.45, 2.75) is 25.3 Å². The molecule has 1 atom stereocenters. The Bertz CT molecular complexity index is 903. The minimum absolute atomic E-state index is 0.0125. The van der Waals surface area contributed by atoms with Crippen molar-refractivity contribution in [1.29, 1.82) is 0 Å². The number of nitrogens with one attached hydrogen (secondary N) is 2. The van der Waals surface area contributed by atoms with Crippen LogP contribution in [0.15, 0.2) is 42.0 Å². The minimum Gasteiger partial charge on any atom is -0.361 e. The van der Waals surface area contributed by atoms with Crippen LogP contribution in [0.4, 0.5) is 5.13 Å². The van der Waals surface area contributed by atoms with Gasteiger partial charge in [0.25, 0.3) is 0 Å². The normalized spacial score (nSPS) is 17.1. The van der Waals surface area contributed by atoms with Gasteiger partial charge in [-0.15, -0.1) is 11.3 Å². The molecular formula is C18H18N4O2S. The van der Waals surface area contributed by atoms with Crippen LogP contribution in [0.1, 0.15) is 18.4 Å². The van der Waals surface area contributed by atoms with Gasteiger partial charge in [-0.25, -0.2) is 4.98 Å². The molecule has 3 heterocycles. The highest BCUT2D eigenvalue weighted by molar-refractivity contribution is 7.13. The van der Waals surface area contributed by atoms with E-state index >= 15 is 0 Å². The number of rotatable bonds is 4. The van der Waals surface area contributed by atoms with Crippen LogP contribution in [0.2, 0.25) is 0 Å². The molecule has 1 aromatic carbocycles. The Morgan fingerprint density at radius 3 is 3.08 bits per heavy atom. The molecule has 1 aliphatic heterocycles. The molecule has 3 aromatic rings. The van der Waals surface area contributed by atoms with Crippen molar-refractivity contribution in [3.63, 3.8) is 0 Å². The van der Waals surface area contributed by atoms with E-state index in [4.69, 9.17) is 0 Å². The third kappa shape index (κ3) is 3.15.